The molecule has 0 spiro atoms. The molecule has 0 atom stereocenters. The Hall–Kier alpha value is -1.81. The molecule has 0 aliphatic carbocycles. The molecular weight excluding hydrogens is 278 g/mol. The lowest BCUT2D eigenvalue weighted by Crippen LogP contribution is -3.08. The summed E-state index contributed by atoms with van der Waals surface area (Å²) in [4.78, 5) is 13.4. The maximum atomic E-state index is 11.9. The molecule has 1 aromatic carbocycles. The molecule has 4 nitrogen and oxygen atoms in total. The molecule has 1 saturated heterocycles. The van der Waals surface area contributed by atoms with Gasteiger partial charge in [0, 0.05) is 24.3 Å². The molecule has 2 aromatic rings. The quantitative estimate of drug-likeness (QED) is 0.831. The highest BCUT2D eigenvalue weighted by Gasteiger charge is 2.21. The number of unbranched alkanes of at least 4 members (excludes halogenated alkanes) is 1. The molecule has 1 aromatic heterocycles. The average molecular weight is 302 g/mol. The number of nitrogens with one attached hydrogen (secondary N) is 1. The molecule has 2 heterocycles. The van der Waals surface area contributed by atoms with E-state index in [4.69, 9.17) is 4.42 Å². The summed E-state index contributed by atoms with van der Waals surface area (Å²) in [5.41, 5.74) is 2.08. The summed E-state index contributed by atoms with van der Waals surface area (Å²) in [6.07, 6.45) is 5.47. The van der Waals surface area contributed by atoms with E-state index < -0.39 is 0 Å². The van der Waals surface area contributed by atoms with Crippen molar-refractivity contribution in [1.82, 2.24) is 0 Å². The molecule has 3 rings (SSSR count). The molecule has 1 aliphatic rings. The lowest BCUT2D eigenvalue weighted by atomic mass is 10.0. The van der Waals surface area contributed by atoms with Crippen LogP contribution in [0.3, 0.4) is 0 Å². The van der Waals surface area contributed by atoms with Crippen LogP contribution in [0.1, 0.15) is 43.7 Å². The van der Waals surface area contributed by atoms with E-state index in [-0.39, 0.29) is 11.4 Å². The highest BCUT2D eigenvalue weighted by molar-refractivity contribution is 5.85. The van der Waals surface area contributed by atoms with E-state index >= 15 is 0 Å². The van der Waals surface area contributed by atoms with Crippen LogP contribution in [-0.2, 0) is 13.0 Å². The van der Waals surface area contributed by atoms with Crippen LogP contribution in [0.15, 0.2) is 27.4 Å². The standard InChI is InChI=1S/C18H23NO3/c1-2-3-6-13-11-17(21)22-18-14(13)7-8-16(20)15(18)12-19-9-4-5-10-19/h7-8,11,20H,2-6,9-10,12H2,1H3/p+1. The van der Waals surface area contributed by atoms with Crippen molar-refractivity contribution in [3.63, 3.8) is 0 Å². The molecule has 4 heteroatoms. The summed E-state index contributed by atoms with van der Waals surface area (Å²) in [6, 6.07) is 5.21. The molecule has 0 amide bonds. The number of likely N-dealkylation sites (tertiary alicyclic amines) is 1. The summed E-state index contributed by atoms with van der Waals surface area (Å²) in [5.74, 6) is 0.239. The largest absolute Gasteiger partial charge is 0.507 e. The first-order chi connectivity index (χ1) is 10.7. The minimum atomic E-state index is -0.318. The van der Waals surface area contributed by atoms with Crippen molar-refractivity contribution < 1.29 is 14.4 Å². The Kier molecular flexibility index (Phi) is 4.48. The number of aryl methyl sites for hydroxylation is 1. The molecule has 22 heavy (non-hydrogen) atoms. The number of rotatable bonds is 5. The van der Waals surface area contributed by atoms with Gasteiger partial charge in [-0.2, -0.15) is 0 Å². The number of phenols is 1. The Morgan fingerprint density at radius 3 is 2.77 bits per heavy atom. The molecule has 2 N–H and O–H groups in total. The first kappa shape index (κ1) is 15.1. The second kappa shape index (κ2) is 6.53. The van der Waals surface area contributed by atoms with Crippen molar-refractivity contribution in [3.05, 3.63) is 39.7 Å². The molecular formula is C18H24NO3+. The Labute approximate surface area is 130 Å². The van der Waals surface area contributed by atoms with E-state index in [1.165, 1.54) is 17.7 Å². The Balaban J connectivity index is 2.07. The van der Waals surface area contributed by atoms with Crippen LogP contribution in [0.4, 0.5) is 0 Å². The predicted molar refractivity (Wildman–Crippen MR) is 86.4 cm³/mol. The Morgan fingerprint density at radius 2 is 2.05 bits per heavy atom. The maximum absolute atomic E-state index is 11.9. The van der Waals surface area contributed by atoms with Crippen LogP contribution in [0.2, 0.25) is 0 Å². The average Bonchev–Trinajstić information content (AvgIpc) is 3.01. The van der Waals surface area contributed by atoms with Gasteiger partial charge in [0.25, 0.3) is 0 Å². The first-order valence-corrected chi connectivity index (χ1v) is 8.30. The van der Waals surface area contributed by atoms with Crippen LogP contribution in [0, 0.1) is 0 Å². The summed E-state index contributed by atoms with van der Waals surface area (Å²) < 4.78 is 5.48. The number of quaternary nitrogens is 1. The Bertz CT molecular complexity index is 714. The number of fused-ring (bicyclic) bond motifs is 1. The van der Waals surface area contributed by atoms with E-state index in [2.05, 4.69) is 6.92 Å². The summed E-state index contributed by atoms with van der Waals surface area (Å²) >= 11 is 0. The van der Waals surface area contributed by atoms with E-state index in [0.29, 0.717) is 5.58 Å². The van der Waals surface area contributed by atoms with Gasteiger partial charge in [-0.05, 0) is 30.5 Å². The van der Waals surface area contributed by atoms with E-state index in [9.17, 15) is 9.90 Å². The van der Waals surface area contributed by atoms with Crippen molar-refractivity contribution in [3.8, 4) is 5.75 Å². The number of benzene rings is 1. The molecule has 0 saturated carbocycles. The van der Waals surface area contributed by atoms with Gasteiger partial charge < -0.3 is 14.4 Å². The van der Waals surface area contributed by atoms with Crippen LogP contribution in [0.5, 0.6) is 5.75 Å². The van der Waals surface area contributed by atoms with Gasteiger partial charge in [-0.15, -0.1) is 0 Å². The fourth-order valence-electron chi connectivity index (χ4n) is 3.38. The highest BCUT2D eigenvalue weighted by atomic mass is 16.4. The fraction of sp³-hybridized carbons (Fsp3) is 0.500. The van der Waals surface area contributed by atoms with Crippen LogP contribution >= 0.6 is 0 Å². The van der Waals surface area contributed by atoms with Gasteiger partial charge in [-0.1, -0.05) is 13.3 Å². The lowest BCUT2D eigenvalue weighted by Gasteiger charge is -2.15. The topological polar surface area (TPSA) is 54.9 Å². The van der Waals surface area contributed by atoms with Gasteiger partial charge in [-0.25, -0.2) is 4.79 Å². The Morgan fingerprint density at radius 1 is 1.27 bits per heavy atom. The van der Waals surface area contributed by atoms with Gasteiger partial charge >= 0.3 is 5.63 Å². The van der Waals surface area contributed by atoms with Gasteiger partial charge in [0.15, 0.2) is 5.58 Å². The SMILES string of the molecule is CCCCc1cc(=O)oc2c(C[NH+]3CCCC3)c(O)ccc12. The third-order valence-electron chi connectivity index (χ3n) is 4.61. The molecule has 1 aliphatic heterocycles. The van der Waals surface area contributed by atoms with Gasteiger partial charge in [0.2, 0.25) is 0 Å². The second-order valence-electron chi connectivity index (χ2n) is 6.27. The number of aromatic hydroxyl groups is 1. The minimum absolute atomic E-state index is 0.239. The predicted octanol–water partition coefficient (Wildman–Crippen LogP) is 2.02. The molecule has 118 valence electrons. The number of hydrogen-bond donors (Lipinski definition) is 2. The maximum Gasteiger partial charge on any atom is 0.336 e. The third kappa shape index (κ3) is 3.02. The van der Waals surface area contributed by atoms with E-state index in [1.54, 1.807) is 12.1 Å². The smallest absolute Gasteiger partial charge is 0.336 e. The molecule has 0 unspecified atom stereocenters. The van der Waals surface area contributed by atoms with Crippen LogP contribution < -0.4 is 10.5 Å². The zero-order valence-electron chi connectivity index (χ0n) is 13.2. The summed E-state index contributed by atoms with van der Waals surface area (Å²) in [5, 5.41) is 11.2. The minimum Gasteiger partial charge on any atom is -0.507 e. The van der Waals surface area contributed by atoms with Gasteiger partial charge in [0.1, 0.15) is 12.3 Å². The van der Waals surface area contributed by atoms with Crippen molar-refractivity contribution in [2.75, 3.05) is 13.1 Å². The zero-order chi connectivity index (χ0) is 15.5. The lowest BCUT2D eigenvalue weighted by molar-refractivity contribution is -0.901. The van der Waals surface area contributed by atoms with Gasteiger partial charge in [-0.3, -0.25) is 0 Å². The van der Waals surface area contributed by atoms with Crippen molar-refractivity contribution >= 4 is 11.0 Å². The third-order valence-corrected chi connectivity index (χ3v) is 4.61. The normalized spacial score (nSPS) is 15.7. The highest BCUT2D eigenvalue weighted by Crippen LogP contribution is 2.28. The summed E-state index contributed by atoms with van der Waals surface area (Å²) in [7, 11) is 0. The fourth-order valence-corrected chi connectivity index (χ4v) is 3.38. The zero-order valence-corrected chi connectivity index (χ0v) is 13.2. The first-order valence-electron chi connectivity index (χ1n) is 8.30. The second-order valence-corrected chi connectivity index (χ2v) is 6.27. The summed E-state index contributed by atoms with van der Waals surface area (Å²) in [6.45, 7) is 5.11. The van der Waals surface area contributed by atoms with Crippen molar-refractivity contribution in [2.45, 2.75) is 45.6 Å². The number of phenolic OH excluding ortho intramolecular Hbond substituents is 1. The molecule has 0 radical (unpaired) electrons. The molecule has 1 fully saturated rings. The van der Waals surface area contributed by atoms with Crippen LogP contribution in [0.25, 0.3) is 11.0 Å². The van der Waals surface area contributed by atoms with Crippen molar-refractivity contribution in [2.24, 2.45) is 0 Å². The van der Waals surface area contributed by atoms with Crippen molar-refractivity contribution in [1.29, 1.82) is 0 Å². The van der Waals surface area contributed by atoms with Crippen LogP contribution in [-0.4, -0.2) is 18.2 Å². The van der Waals surface area contributed by atoms with Gasteiger partial charge in [0.05, 0.1) is 18.7 Å². The van der Waals surface area contributed by atoms with E-state index in [0.717, 1.165) is 55.4 Å². The molecule has 0 bridgehead atoms. The number of hydrogen-bond acceptors (Lipinski definition) is 3. The van der Waals surface area contributed by atoms with E-state index in [1.807, 2.05) is 6.07 Å². The monoisotopic (exact) mass is 302 g/mol.